The molecular formula is C13H12F2N2O2. The number of rotatable bonds is 5. The summed E-state index contributed by atoms with van der Waals surface area (Å²) >= 11 is 0. The molecule has 0 aliphatic carbocycles. The molecule has 0 fully saturated rings. The number of aliphatic carboxylic acids is 1. The second kappa shape index (κ2) is 5.17. The summed E-state index contributed by atoms with van der Waals surface area (Å²) in [5.41, 5.74) is 0.389. The van der Waals surface area contributed by atoms with Gasteiger partial charge in [0, 0.05) is 12.6 Å². The Kier molecular flexibility index (Phi) is 3.59. The lowest BCUT2D eigenvalue weighted by molar-refractivity contribution is -0.139. The van der Waals surface area contributed by atoms with E-state index >= 15 is 0 Å². The van der Waals surface area contributed by atoms with E-state index in [1.54, 1.807) is 24.3 Å². The van der Waals surface area contributed by atoms with Crippen molar-refractivity contribution in [3.63, 3.8) is 0 Å². The summed E-state index contributed by atoms with van der Waals surface area (Å²) in [6.45, 7) is 0. The van der Waals surface area contributed by atoms with Crippen LogP contribution in [0.25, 0.3) is 5.69 Å². The number of nitrogens with zero attached hydrogens (tertiary/aromatic N) is 2. The lowest BCUT2D eigenvalue weighted by atomic mass is 10.1. The van der Waals surface area contributed by atoms with Crippen LogP contribution in [0.3, 0.4) is 0 Å². The fourth-order valence-electron chi connectivity index (χ4n) is 1.64. The van der Waals surface area contributed by atoms with Crippen LogP contribution in [0.4, 0.5) is 8.78 Å². The maximum absolute atomic E-state index is 13.7. The van der Waals surface area contributed by atoms with Gasteiger partial charge in [-0.05, 0) is 12.1 Å². The van der Waals surface area contributed by atoms with Gasteiger partial charge in [0.2, 0.25) is 0 Å². The van der Waals surface area contributed by atoms with Crippen LogP contribution in [0, 0.1) is 0 Å². The average Bonchev–Trinajstić information content (AvgIpc) is 2.88. The van der Waals surface area contributed by atoms with Gasteiger partial charge < -0.3 is 5.11 Å². The number of carboxylic acid groups (broad SMARTS) is 1. The number of para-hydroxylation sites is 1. The topological polar surface area (TPSA) is 55.1 Å². The van der Waals surface area contributed by atoms with Gasteiger partial charge in [0.15, 0.2) is 0 Å². The lowest BCUT2D eigenvalue weighted by Crippen LogP contribution is -2.14. The van der Waals surface area contributed by atoms with Crippen molar-refractivity contribution in [1.82, 2.24) is 9.78 Å². The van der Waals surface area contributed by atoms with Crippen LogP contribution in [0.15, 0.2) is 42.7 Å². The normalized spacial score (nSPS) is 11.5. The molecule has 4 nitrogen and oxygen atoms in total. The molecule has 0 spiro atoms. The van der Waals surface area contributed by atoms with E-state index < -0.39 is 24.7 Å². The SMILES string of the molecule is O=C(O)CCC(F)(F)c1cnn(-c2ccccc2)c1. The molecule has 6 heteroatoms. The molecule has 0 bridgehead atoms. The molecule has 0 aliphatic heterocycles. The Morgan fingerprint density at radius 3 is 2.63 bits per heavy atom. The van der Waals surface area contributed by atoms with E-state index in [0.29, 0.717) is 5.69 Å². The molecule has 0 atom stereocenters. The van der Waals surface area contributed by atoms with Gasteiger partial charge in [0.25, 0.3) is 5.92 Å². The zero-order chi connectivity index (χ0) is 13.9. The summed E-state index contributed by atoms with van der Waals surface area (Å²) in [6, 6.07) is 8.85. The van der Waals surface area contributed by atoms with E-state index in [9.17, 15) is 13.6 Å². The van der Waals surface area contributed by atoms with Crippen LogP contribution >= 0.6 is 0 Å². The first-order valence-corrected chi connectivity index (χ1v) is 5.69. The highest BCUT2D eigenvalue weighted by Gasteiger charge is 2.33. The summed E-state index contributed by atoms with van der Waals surface area (Å²) in [7, 11) is 0. The molecule has 1 heterocycles. The first-order chi connectivity index (χ1) is 8.99. The van der Waals surface area contributed by atoms with E-state index in [2.05, 4.69) is 5.10 Å². The van der Waals surface area contributed by atoms with Crippen LogP contribution in [0.1, 0.15) is 18.4 Å². The smallest absolute Gasteiger partial charge is 0.303 e. The first-order valence-electron chi connectivity index (χ1n) is 5.69. The maximum Gasteiger partial charge on any atom is 0.303 e. The van der Waals surface area contributed by atoms with Gasteiger partial charge in [-0.15, -0.1) is 0 Å². The number of carboxylic acids is 1. The minimum absolute atomic E-state index is 0.280. The van der Waals surface area contributed by atoms with Gasteiger partial charge in [-0.2, -0.15) is 5.10 Å². The number of halogens is 2. The monoisotopic (exact) mass is 266 g/mol. The van der Waals surface area contributed by atoms with Gasteiger partial charge >= 0.3 is 5.97 Å². The van der Waals surface area contributed by atoms with Crippen LogP contribution in [-0.4, -0.2) is 20.9 Å². The van der Waals surface area contributed by atoms with E-state index in [4.69, 9.17) is 5.11 Å². The number of hydrogen-bond donors (Lipinski definition) is 1. The van der Waals surface area contributed by atoms with E-state index in [-0.39, 0.29) is 5.56 Å². The number of aromatic nitrogens is 2. The minimum atomic E-state index is -3.19. The van der Waals surface area contributed by atoms with Crippen LogP contribution in [0.2, 0.25) is 0 Å². The summed E-state index contributed by atoms with van der Waals surface area (Å²) in [5, 5.41) is 12.3. The minimum Gasteiger partial charge on any atom is -0.481 e. The molecule has 0 unspecified atom stereocenters. The second-order valence-corrected chi connectivity index (χ2v) is 4.11. The summed E-state index contributed by atoms with van der Waals surface area (Å²) in [6.07, 6.45) is 0.971. The zero-order valence-electron chi connectivity index (χ0n) is 9.96. The molecule has 100 valence electrons. The Hall–Kier alpha value is -2.24. The molecule has 1 N–H and O–H groups in total. The second-order valence-electron chi connectivity index (χ2n) is 4.11. The molecule has 1 aromatic carbocycles. The summed E-state index contributed by atoms with van der Waals surface area (Å²) < 4.78 is 28.8. The molecule has 0 saturated carbocycles. The summed E-state index contributed by atoms with van der Waals surface area (Å²) in [4.78, 5) is 10.3. The van der Waals surface area contributed by atoms with E-state index in [1.165, 1.54) is 10.9 Å². The zero-order valence-corrected chi connectivity index (χ0v) is 9.96. The van der Waals surface area contributed by atoms with Gasteiger partial charge in [0.05, 0.1) is 23.9 Å². The maximum atomic E-state index is 13.7. The van der Waals surface area contributed by atoms with Crippen molar-refractivity contribution in [3.05, 3.63) is 48.3 Å². The van der Waals surface area contributed by atoms with Crippen molar-refractivity contribution in [2.45, 2.75) is 18.8 Å². The van der Waals surface area contributed by atoms with Crippen molar-refractivity contribution in [2.24, 2.45) is 0 Å². The molecule has 2 aromatic rings. The number of hydrogen-bond acceptors (Lipinski definition) is 2. The van der Waals surface area contributed by atoms with Gasteiger partial charge in [-0.3, -0.25) is 4.79 Å². The Morgan fingerprint density at radius 1 is 1.32 bits per heavy atom. The van der Waals surface area contributed by atoms with Crippen LogP contribution in [-0.2, 0) is 10.7 Å². The van der Waals surface area contributed by atoms with Crippen molar-refractivity contribution in [1.29, 1.82) is 0 Å². The van der Waals surface area contributed by atoms with Crippen molar-refractivity contribution < 1.29 is 18.7 Å². The van der Waals surface area contributed by atoms with Crippen LogP contribution < -0.4 is 0 Å². The average molecular weight is 266 g/mol. The predicted molar refractivity (Wildman–Crippen MR) is 64.3 cm³/mol. The largest absolute Gasteiger partial charge is 0.481 e. The fraction of sp³-hybridized carbons (Fsp3) is 0.231. The Labute approximate surface area is 108 Å². The Morgan fingerprint density at radius 2 is 2.00 bits per heavy atom. The highest BCUT2D eigenvalue weighted by molar-refractivity contribution is 5.66. The number of benzene rings is 1. The standard InChI is InChI=1S/C13H12F2N2O2/c14-13(15,7-6-12(18)19)10-8-16-17(9-10)11-4-2-1-3-5-11/h1-5,8-9H,6-7H2,(H,18,19). The van der Waals surface area contributed by atoms with E-state index in [0.717, 1.165) is 6.20 Å². The quantitative estimate of drug-likeness (QED) is 0.905. The van der Waals surface area contributed by atoms with Gasteiger partial charge in [-0.25, -0.2) is 13.5 Å². The molecular weight excluding hydrogens is 254 g/mol. The molecule has 0 saturated heterocycles. The van der Waals surface area contributed by atoms with Crippen LogP contribution in [0.5, 0.6) is 0 Å². The highest BCUT2D eigenvalue weighted by Crippen LogP contribution is 2.32. The third-order valence-corrected chi connectivity index (χ3v) is 2.68. The molecule has 2 rings (SSSR count). The number of carbonyl (C=O) groups is 1. The third-order valence-electron chi connectivity index (χ3n) is 2.68. The highest BCUT2D eigenvalue weighted by atomic mass is 19.3. The number of alkyl halides is 2. The molecule has 0 amide bonds. The molecule has 0 radical (unpaired) electrons. The molecule has 0 aliphatic rings. The predicted octanol–water partition coefficient (Wildman–Crippen LogP) is 2.83. The summed E-state index contributed by atoms with van der Waals surface area (Å²) in [5.74, 6) is -4.43. The van der Waals surface area contributed by atoms with E-state index in [1.807, 2.05) is 6.07 Å². The van der Waals surface area contributed by atoms with Crippen molar-refractivity contribution in [3.8, 4) is 5.69 Å². The first kappa shape index (κ1) is 13.2. The van der Waals surface area contributed by atoms with Gasteiger partial charge in [0.1, 0.15) is 0 Å². The third kappa shape index (κ3) is 3.15. The molecule has 19 heavy (non-hydrogen) atoms. The van der Waals surface area contributed by atoms with Gasteiger partial charge in [-0.1, -0.05) is 18.2 Å². The van der Waals surface area contributed by atoms with Crippen molar-refractivity contribution in [2.75, 3.05) is 0 Å². The Bertz CT molecular complexity index is 567. The lowest BCUT2D eigenvalue weighted by Gasteiger charge is -2.12. The van der Waals surface area contributed by atoms with Crippen molar-refractivity contribution >= 4 is 5.97 Å². The fourth-order valence-corrected chi connectivity index (χ4v) is 1.64. The Balaban J connectivity index is 2.19. The molecule has 1 aromatic heterocycles.